The lowest BCUT2D eigenvalue weighted by molar-refractivity contribution is -0.00420. The lowest BCUT2D eigenvalue weighted by Crippen LogP contribution is -2.24. The van der Waals surface area contributed by atoms with Gasteiger partial charge in [0, 0.05) is 13.7 Å². The number of aliphatic hydroxyl groups excluding tert-OH is 1. The number of hydrogen-bond acceptors (Lipinski definition) is 5. The van der Waals surface area contributed by atoms with Crippen LogP contribution in [-0.4, -0.2) is 44.7 Å². The van der Waals surface area contributed by atoms with Gasteiger partial charge in [-0.1, -0.05) is 12.1 Å². The van der Waals surface area contributed by atoms with E-state index in [4.69, 9.17) is 19.9 Å². The van der Waals surface area contributed by atoms with Crippen molar-refractivity contribution in [1.82, 2.24) is 0 Å². The number of methoxy groups -OCH3 is 1. The third-order valence-corrected chi connectivity index (χ3v) is 2.32. The van der Waals surface area contributed by atoms with Crippen molar-refractivity contribution in [2.45, 2.75) is 12.6 Å². The molecule has 0 aliphatic heterocycles. The third kappa shape index (κ3) is 5.97. The van der Waals surface area contributed by atoms with Crippen molar-refractivity contribution in [3.8, 4) is 5.75 Å². The van der Waals surface area contributed by atoms with Gasteiger partial charge in [-0.05, 0) is 17.7 Å². The predicted molar refractivity (Wildman–Crippen MR) is 68.5 cm³/mol. The second-order valence-electron chi connectivity index (χ2n) is 3.88. The quantitative estimate of drug-likeness (QED) is 0.630. The maximum atomic E-state index is 9.62. The highest BCUT2D eigenvalue weighted by atomic mass is 16.5. The van der Waals surface area contributed by atoms with Crippen LogP contribution >= 0.6 is 0 Å². The zero-order valence-corrected chi connectivity index (χ0v) is 10.7. The maximum absolute atomic E-state index is 9.62. The van der Waals surface area contributed by atoms with E-state index in [1.54, 1.807) is 7.11 Å². The Balaban J connectivity index is 2.22. The average molecular weight is 255 g/mol. The maximum Gasteiger partial charge on any atom is 0.119 e. The predicted octanol–water partition coefficient (Wildman–Crippen LogP) is 0.548. The van der Waals surface area contributed by atoms with Crippen molar-refractivity contribution in [2.24, 2.45) is 5.73 Å². The van der Waals surface area contributed by atoms with Crippen LogP contribution in [0.25, 0.3) is 0 Å². The Morgan fingerprint density at radius 3 is 2.83 bits per heavy atom. The summed E-state index contributed by atoms with van der Waals surface area (Å²) in [5.41, 5.74) is 6.53. The normalized spacial score (nSPS) is 12.4. The molecule has 1 aromatic carbocycles. The zero-order chi connectivity index (χ0) is 13.2. The Hall–Kier alpha value is -1.14. The van der Waals surface area contributed by atoms with Crippen LogP contribution in [-0.2, 0) is 16.0 Å². The summed E-state index contributed by atoms with van der Waals surface area (Å²) in [6.45, 7) is 1.89. The standard InChI is InChI=1S/C13H21NO4/c1-16-5-6-17-9-12(15)10-18-13-4-2-3-11(7-13)8-14/h2-4,7,12,15H,5-6,8-10,14H2,1H3. The van der Waals surface area contributed by atoms with E-state index in [0.717, 1.165) is 5.56 Å². The Bertz CT molecular complexity index is 333. The molecular formula is C13H21NO4. The average Bonchev–Trinajstić information content (AvgIpc) is 2.41. The molecule has 0 fully saturated rings. The Morgan fingerprint density at radius 1 is 1.28 bits per heavy atom. The number of benzene rings is 1. The van der Waals surface area contributed by atoms with Crippen LogP contribution in [0.3, 0.4) is 0 Å². The van der Waals surface area contributed by atoms with Gasteiger partial charge < -0.3 is 25.1 Å². The summed E-state index contributed by atoms with van der Waals surface area (Å²) in [6.07, 6.45) is -0.650. The van der Waals surface area contributed by atoms with Crippen LogP contribution in [0, 0.1) is 0 Å². The Morgan fingerprint density at radius 2 is 2.11 bits per heavy atom. The van der Waals surface area contributed by atoms with Gasteiger partial charge in [0.1, 0.15) is 18.5 Å². The molecule has 1 atom stereocenters. The van der Waals surface area contributed by atoms with Gasteiger partial charge in [0.15, 0.2) is 0 Å². The topological polar surface area (TPSA) is 73.9 Å². The van der Waals surface area contributed by atoms with Gasteiger partial charge in [0.2, 0.25) is 0 Å². The van der Waals surface area contributed by atoms with Crippen molar-refractivity contribution in [3.63, 3.8) is 0 Å². The summed E-state index contributed by atoms with van der Waals surface area (Å²) in [5.74, 6) is 0.703. The Kier molecular flexibility index (Phi) is 7.36. The highest BCUT2D eigenvalue weighted by Gasteiger charge is 2.05. The second-order valence-corrected chi connectivity index (χ2v) is 3.88. The van der Waals surface area contributed by atoms with Crippen LogP contribution in [0.2, 0.25) is 0 Å². The first-order valence-corrected chi connectivity index (χ1v) is 5.92. The van der Waals surface area contributed by atoms with E-state index in [1.165, 1.54) is 0 Å². The van der Waals surface area contributed by atoms with E-state index < -0.39 is 6.10 Å². The van der Waals surface area contributed by atoms with E-state index in [2.05, 4.69) is 0 Å². The SMILES string of the molecule is COCCOCC(O)COc1cccc(CN)c1. The summed E-state index contributed by atoms with van der Waals surface area (Å²) in [6, 6.07) is 7.49. The molecular weight excluding hydrogens is 234 g/mol. The van der Waals surface area contributed by atoms with Gasteiger partial charge in [-0.15, -0.1) is 0 Å². The first-order valence-electron chi connectivity index (χ1n) is 5.92. The van der Waals surface area contributed by atoms with Crippen LogP contribution in [0.5, 0.6) is 5.75 Å². The number of nitrogens with two attached hydrogens (primary N) is 1. The smallest absolute Gasteiger partial charge is 0.119 e. The fourth-order valence-electron chi connectivity index (χ4n) is 1.36. The summed E-state index contributed by atoms with van der Waals surface area (Å²) in [4.78, 5) is 0. The molecule has 1 rings (SSSR count). The fourth-order valence-corrected chi connectivity index (χ4v) is 1.36. The lowest BCUT2D eigenvalue weighted by atomic mass is 10.2. The Labute approximate surface area is 107 Å². The number of aliphatic hydroxyl groups is 1. The van der Waals surface area contributed by atoms with Gasteiger partial charge in [0.05, 0.1) is 19.8 Å². The molecule has 0 bridgehead atoms. The number of rotatable bonds is 9. The lowest BCUT2D eigenvalue weighted by Gasteiger charge is -2.13. The first-order chi connectivity index (χ1) is 8.76. The molecule has 0 aliphatic carbocycles. The molecule has 5 heteroatoms. The molecule has 0 aliphatic rings. The highest BCUT2D eigenvalue weighted by Crippen LogP contribution is 2.13. The zero-order valence-electron chi connectivity index (χ0n) is 10.7. The summed E-state index contributed by atoms with van der Waals surface area (Å²) >= 11 is 0. The monoisotopic (exact) mass is 255 g/mol. The van der Waals surface area contributed by atoms with E-state index in [1.807, 2.05) is 24.3 Å². The molecule has 0 amide bonds. The second kappa shape index (κ2) is 8.88. The molecule has 5 nitrogen and oxygen atoms in total. The molecule has 0 aromatic heterocycles. The summed E-state index contributed by atoms with van der Waals surface area (Å²) < 4.78 is 15.5. The molecule has 18 heavy (non-hydrogen) atoms. The van der Waals surface area contributed by atoms with E-state index >= 15 is 0 Å². The van der Waals surface area contributed by atoms with Crippen molar-refractivity contribution in [1.29, 1.82) is 0 Å². The molecule has 0 spiro atoms. The fraction of sp³-hybridized carbons (Fsp3) is 0.538. The third-order valence-electron chi connectivity index (χ3n) is 2.32. The van der Waals surface area contributed by atoms with Crippen LogP contribution in [0.1, 0.15) is 5.56 Å². The van der Waals surface area contributed by atoms with Crippen molar-refractivity contribution in [2.75, 3.05) is 33.5 Å². The minimum absolute atomic E-state index is 0.195. The minimum atomic E-state index is -0.650. The van der Waals surface area contributed by atoms with Crippen molar-refractivity contribution in [3.05, 3.63) is 29.8 Å². The summed E-state index contributed by atoms with van der Waals surface area (Å²) in [5, 5.41) is 9.62. The van der Waals surface area contributed by atoms with Gasteiger partial charge in [-0.3, -0.25) is 0 Å². The molecule has 1 aromatic rings. The van der Waals surface area contributed by atoms with E-state index in [-0.39, 0.29) is 13.2 Å². The first kappa shape index (κ1) is 14.9. The molecule has 102 valence electrons. The van der Waals surface area contributed by atoms with Crippen LogP contribution in [0.4, 0.5) is 0 Å². The molecule has 1 unspecified atom stereocenters. The van der Waals surface area contributed by atoms with Gasteiger partial charge in [-0.2, -0.15) is 0 Å². The van der Waals surface area contributed by atoms with Gasteiger partial charge in [-0.25, -0.2) is 0 Å². The largest absolute Gasteiger partial charge is 0.491 e. The molecule has 3 N–H and O–H groups in total. The van der Waals surface area contributed by atoms with Crippen LogP contribution in [0.15, 0.2) is 24.3 Å². The van der Waals surface area contributed by atoms with E-state index in [0.29, 0.717) is 25.5 Å². The summed E-state index contributed by atoms with van der Waals surface area (Å²) in [7, 11) is 1.60. The highest BCUT2D eigenvalue weighted by molar-refractivity contribution is 5.28. The van der Waals surface area contributed by atoms with E-state index in [9.17, 15) is 5.11 Å². The molecule has 0 radical (unpaired) electrons. The number of hydrogen-bond donors (Lipinski definition) is 2. The van der Waals surface area contributed by atoms with Crippen LogP contribution < -0.4 is 10.5 Å². The molecule has 0 heterocycles. The minimum Gasteiger partial charge on any atom is -0.491 e. The number of ether oxygens (including phenoxy) is 3. The van der Waals surface area contributed by atoms with Crippen molar-refractivity contribution >= 4 is 0 Å². The molecule has 0 saturated carbocycles. The van der Waals surface area contributed by atoms with Gasteiger partial charge in [0.25, 0.3) is 0 Å². The molecule has 0 saturated heterocycles. The van der Waals surface area contributed by atoms with Crippen molar-refractivity contribution < 1.29 is 19.3 Å². The van der Waals surface area contributed by atoms with Gasteiger partial charge >= 0.3 is 0 Å².